The van der Waals surface area contributed by atoms with Crippen LogP contribution in [0.2, 0.25) is 0 Å². The number of nitrogens with one attached hydrogen (secondary N) is 3. The van der Waals surface area contributed by atoms with Gasteiger partial charge in [0.15, 0.2) is 0 Å². The Kier molecular flexibility index (Phi) is 4.66. The molecular weight excluding hydrogens is 370 g/mol. The molecule has 0 aliphatic carbocycles. The van der Waals surface area contributed by atoms with Gasteiger partial charge in [-0.15, -0.1) is 11.3 Å². The van der Waals surface area contributed by atoms with E-state index in [9.17, 15) is 4.79 Å². The fourth-order valence-corrected chi connectivity index (χ4v) is 5.52. The lowest BCUT2D eigenvalue weighted by atomic mass is 9.91. The molecule has 0 radical (unpaired) electrons. The minimum atomic E-state index is -0.0770. The molecule has 2 fully saturated rings. The average Bonchev–Trinajstić information content (AvgIpc) is 3.32. The molecule has 3 aliphatic rings. The summed E-state index contributed by atoms with van der Waals surface area (Å²) in [6.45, 7) is 4.94. The summed E-state index contributed by atoms with van der Waals surface area (Å²) >= 11 is 1.73. The number of aryl methyl sites for hydroxylation is 1. The number of benzene rings is 1. The monoisotopic (exact) mass is 395 g/mol. The van der Waals surface area contributed by atoms with Gasteiger partial charge in [-0.05, 0) is 32.9 Å². The summed E-state index contributed by atoms with van der Waals surface area (Å²) in [6, 6.07) is 10.3. The Labute approximate surface area is 169 Å². The zero-order valence-electron chi connectivity index (χ0n) is 15.9. The van der Waals surface area contributed by atoms with Gasteiger partial charge in [0.2, 0.25) is 5.91 Å². The molecule has 0 spiro atoms. The van der Waals surface area contributed by atoms with Crippen LogP contribution < -0.4 is 16.1 Å². The molecule has 7 heteroatoms. The third kappa shape index (κ3) is 3.13. The van der Waals surface area contributed by atoms with Crippen LogP contribution in [0.5, 0.6) is 0 Å². The topological polar surface area (TPSA) is 69.3 Å². The summed E-state index contributed by atoms with van der Waals surface area (Å²) in [5, 5.41) is 9.82. The van der Waals surface area contributed by atoms with Gasteiger partial charge in [0, 0.05) is 34.7 Å². The fraction of sp³-hybridized carbons (Fsp3) is 0.429. The number of carbonyl (C=O) groups excluding carboxylic acids is 1. The van der Waals surface area contributed by atoms with Crippen LogP contribution in [0.15, 0.2) is 42.1 Å². The maximum atomic E-state index is 12.5. The molecule has 1 amide bonds. The summed E-state index contributed by atoms with van der Waals surface area (Å²) in [5.41, 5.74) is 6.92. The van der Waals surface area contributed by atoms with Gasteiger partial charge in [-0.3, -0.25) is 9.80 Å². The predicted octanol–water partition coefficient (Wildman–Crippen LogP) is 2.36. The Morgan fingerprint density at radius 2 is 1.96 bits per heavy atom. The van der Waals surface area contributed by atoms with Gasteiger partial charge >= 0.3 is 0 Å². The Balaban J connectivity index is 1.43. The normalized spacial score (nSPS) is 25.4. The Hall–Kier alpha value is -2.22. The zero-order chi connectivity index (χ0) is 19.1. The highest BCUT2D eigenvalue weighted by atomic mass is 32.1. The van der Waals surface area contributed by atoms with Crippen molar-refractivity contribution in [3.05, 3.63) is 52.7 Å². The number of hydrogen-bond donors (Lipinski definition) is 3. The third-order valence-electron chi connectivity index (χ3n) is 5.95. The van der Waals surface area contributed by atoms with E-state index in [0.717, 1.165) is 54.4 Å². The highest BCUT2D eigenvalue weighted by molar-refractivity contribution is 7.15. The van der Waals surface area contributed by atoms with Crippen molar-refractivity contribution in [1.82, 2.24) is 26.1 Å². The largest absolute Gasteiger partial charge is 0.330 e. The first kappa shape index (κ1) is 17.8. The lowest BCUT2D eigenvalue weighted by Gasteiger charge is -2.38. The van der Waals surface area contributed by atoms with Gasteiger partial charge in [-0.1, -0.05) is 30.3 Å². The number of fused-ring (bicyclic) bond motifs is 1. The molecule has 2 unspecified atom stereocenters. The fourth-order valence-electron chi connectivity index (χ4n) is 4.53. The van der Waals surface area contributed by atoms with Crippen molar-refractivity contribution in [1.29, 1.82) is 0 Å². The van der Waals surface area contributed by atoms with E-state index >= 15 is 0 Å². The second-order valence-corrected chi connectivity index (χ2v) is 8.92. The average molecular weight is 396 g/mol. The molecule has 2 aromatic rings. The van der Waals surface area contributed by atoms with Crippen molar-refractivity contribution in [2.45, 2.75) is 31.8 Å². The second kappa shape index (κ2) is 7.31. The molecule has 5 rings (SSSR count). The van der Waals surface area contributed by atoms with Crippen molar-refractivity contribution in [3.8, 4) is 10.6 Å². The van der Waals surface area contributed by atoms with Crippen molar-refractivity contribution in [2.24, 2.45) is 5.92 Å². The van der Waals surface area contributed by atoms with E-state index in [0.29, 0.717) is 5.92 Å². The highest BCUT2D eigenvalue weighted by Gasteiger charge is 2.43. The first-order valence-corrected chi connectivity index (χ1v) is 10.8. The van der Waals surface area contributed by atoms with Gasteiger partial charge in [0.25, 0.3) is 0 Å². The first-order chi connectivity index (χ1) is 13.7. The number of piperidine rings is 1. The molecule has 146 valence electrons. The van der Waals surface area contributed by atoms with Crippen LogP contribution in [0.4, 0.5) is 0 Å². The molecule has 3 N–H and O–H groups in total. The van der Waals surface area contributed by atoms with Crippen molar-refractivity contribution < 1.29 is 4.79 Å². The smallest absolute Gasteiger partial charge is 0.247 e. The van der Waals surface area contributed by atoms with Crippen LogP contribution in [-0.4, -0.2) is 41.7 Å². The number of rotatable bonds is 3. The molecule has 6 nitrogen and oxygen atoms in total. The zero-order valence-corrected chi connectivity index (χ0v) is 16.8. The van der Waals surface area contributed by atoms with E-state index < -0.39 is 0 Å². The maximum Gasteiger partial charge on any atom is 0.247 e. The van der Waals surface area contributed by atoms with Crippen LogP contribution >= 0.6 is 11.3 Å². The van der Waals surface area contributed by atoms with Crippen molar-refractivity contribution >= 4 is 17.2 Å². The minimum Gasteiger partial charge on any atom is -0.330 e. The number of allylic oxidation sites excluding steroid dienone is 1. The molecule has 4 heterocycles. The van der Waals surface area contributed by atoms with Gasteiger partial charge in [0.1, 0.15) is 11.2 Å². The minimum absolute atomic E-state index is 0.0136. The standard InChI is InChI=1S/C21H25N5OS/c1-13-19(25-21(28-13)15-5-3-2-4-6-15)16-12-23-26-17(11-18(27)24-20(16)26)14-7-9-22-10-8-14/h2-6,11,14,16,20,22-23H,7-10,12H2,1H3,(H,24,27). The number of aromatic nitrogens is 1. The Bertz CT molecular complexity index is 903. The Morgan fingerprint density at radius 3 is 2.75 bits per heavy atom. The quantitative estimate of drug-likeness (QED) is 0.744. The number of hydrazine groups is 1. The van der Waals surface area contributed by atoms with E-state index in [2.05, 4.69) is 40.1 Å². The van der Waals surface area contributed by atoms with Crippen LogP contribution in [0.1, 0.15) is 29.3 Å². The van der Waals surface area contributed by atoms with Crippen LogP contribution in [0.3, 0.4) is 0 Å². The van der Waals surface area contributed by atoms with E-state index in [1.165, 1.54) is 4.88 Å². The molecular formula is C21H25N5OS. The Morgan fingerprint density at radius 1 is 1.18 bits per heavy atom. The SMILES string of the molecule is Cc1sc(-c2ccccc2)nc1C1CNN2C(C3CCNCC3)=CC(=O)NC12. The molecule has 0 bridgehead atoms. The number of carbonyl (C=O) groups is 1. The third-order valence-corrected chi connectivity index (χ3v) is 6.99. The van der Waals surface area contributed by atoms with E-state index in [1.54, 1.807) is 17.4 Å². The van der Waals surface area contributed by atoms with Gasteiger partial charge < -0.3 is 10.6 Å². The van der Waals surface area contributed by atoms with Gasteiger partial charge in [0.05, 0.1) is 11.6 Å². The summed E-state index contributed by atoms with van der Waals surface area (Å²) in [5.74, 6) is 0.584. The second-order valence-electron chi connectivity index (χ2n) is 7.71. The predicted molar refractivity (Wildman–Crippen MR) is 110 cm³/mol. The van der Waals surface area contributed by atoms with Crippen LogP contribution in [-0.2, 0) is 4.79 Å². The molecule has 2 saturated heterocycles. The van der Waals surface area contributed by atoms with Crippen LogP contribution in [0, 0.1) is 12.8 Å². The van der Waals surface area contributed by atoms with E-state index in [-0.39, 0.29) is 18.0 Å². The van der Waals surface area contributed by atoms with Crippen LogP contribution in [0.25, 0.3) is 10.6 Å². The number of hydrogen-bond acceptors (Lipinski definition) is 6. The van der Waals surface area contributed by atoms with E-state index in [1.807, 2.05) is 18.2 Å². The molecule has 28 heavy (non-hydrogen) atoms. The first-order valence-electron chi connectivity index (χ1n) is 9.99. The molecule has 1 aromatic heterocycles. The van der Waals surface area contributed by atoms with Gasteiger partial charge in [-0.25, -0.2) is 10.4 Å². The summed E-state index contributed by atoms with van der Waals surface area (Å²) in [6.07, 6.45) is 3.85. The van der Waals surface area contributed by atoms with Gasteiger partial charge in [-0.2, -0.15) is 0 Å². The summed E-state index contributed by atoms with van der Waals surface area (Å²) < 4.78 is 0. The number of amides is 1. The van der Waals surface area contributed by atoms with E-state index in [4.69, 9.17) is 4.98 Å². The molecule has 0 saturated carbocycles. The summed E-state index contributed by atoms with van der Waals surface area (Å²) in [4.78, 5) is 18.7. The molecule has 2 atom stereocenters. The number of thiazole rings is 1. The highest BCUT2D eigenvalue weighted by Crippen LogP contribution is 2.38. The molecule has 3 aliphatic heterocycles. The number of nitrogens with zero attached hydrogens (tertiary/aromatic N) is 2. The lowest BCUT2D eigenvalue weighted by molar-refractivity contribution is -0.119. The summed E-state index contributed by atoms with van der Waals surface area (Å²) in [7, 11) is 0. The maximum absolute atomic E-state index is 12.5. The van der Waals surface area contributed by atoms with Crippen molar-refractivity contribution in [2.75, 3.05) is 19.6 Å². The molecule has 1 aromatic carbocycles. The van der Waals surface area contributed by atoms with Crippen molar-refractivity contribution in [3.63, 3.8) is 0 Å². The lowest BCUT2D eigenvalue weighted by Crippen LogP contribution is -2.54.